The van der Waals surface area contributed by atoms with Gasteiger partial charge in [0, 0.05) is 12.0 Å². The molecular weight excluding hydrogens is 224 g/mol. The molecule has 0 fully saturated rings. The zero-order chi connectivity index (χ0) is 12.2. The van der Waals surface area contributed by atoms with Gasteiger partial charge in [-0.15, -0.1) is 5.10 Å². The van der Waals surface area contributed by atoms with E-state index < -0.39 is 0 Å². The smallest absolute Gasteiger partial charge is 0.201 e. The van der Waals surface area contributed by atoms with Gasteiger partial charge in [-0.25, -0.2) is 0 Å². The van der Waals surface area contributed by atoms with E-state index in [1.807, 2.05) is 27.7 Å². The predicted octanol–water partition coefficient (Wildman–Crippen LogP) is 2.44. The van der Waals surface area contributed by atoms with Crippen molar-refractivity contribution in [1.82, 2.24) is 9.59 Å². The molecule has 0 spiro atoms. The monoisotopic (exact) mass is 242 g/mol. The highest BCUT2D eigenvalue weighted by atomic mass is 32.1. The Morgan fingerprint density at radius 1 is 1.44 bits per heavy atom. The summed E-state index contributed by atoms with van der Waals surface area (Å²) >= 11 is 1.15. The Kier molecular flexibility index (Phi) is 4.56. The molecule has 0 unspecified atom stereocenters. The molecule has 0 radical (unpaired) electrons. The molecule has 0 aliphatic rings. The van der Waals surface area contributed by atoms with Gasteiger partial charge in [-0.3, -0.25) is 4.79 Å². The number of ether oxygens (including phenoxy) is 1. The van der Waals surface area contributed by atoms with Crippen LogP contribution in [0, 0.1) is 0 Å². The van der Waals surface area contributed by atoms with Crippen molar-refractivity contribution in [1.29, 1.82) is 0 Å². The van der Waals surface area contributed by atoms with E-state index in [1.165, 1.54) is 0 Å². The van der Waals surface area contributed by atoms with Crippen LogP contribution < -0.4 is 0 Å². The first-order valence-corrected chi connectivity index (χ1v) is 6.18. The summed E-state index contributed by atoms with van der Waals surface area (Å²) in [6.07, 6.45) is 0.917. The lowest BCUT2D eigenvalue weighted by atomic mass is 9.91. The topological polar surface area (TPSA) is 52.1 Å². The standard InChI is InChI=1S/C11H18N2O2S/c1-5-6-15-7-8(14)9-10(11(2,3)4)12-13-16-9/h5-7H2,1-4H3. The molecule has 0 saturated carbocycles. The van der Waals surface area contributed by atoms with Gasteiger partial charge in [-0.2, -0.15) is 0 Å². The second kappa shape index (κ2) is 5.50. The van der Waals surface area contributed by atoms with Crippen molar-refractivity contribution < 1.29 is 9.53 Å². The van der Waals surface area contributed by atoms with Crippen molar-refractivity contribution in [2.75, 3.05) is 13.2 Å². The summed E-state index contributed by atoms with van der Waals surface area (Å²) in [5.41, 5.74) is 0.616. The van der Waals surface area contributed by atoms with Crippen LogP contribution in [-0.2, 0) is 10.2 Å². The van der Waals surface area contributed by atoms with Crippen molar-refractivity contribution in [3.63, 3.8) is 0 Å². The summed E-state index contributed by atoms with van der Waals surface area (Å²) in [6, 6.07) is 0. The van der Waals surface area contributed by atoms with Gasteiger partial charge in [-0.1, -0.05) is 32.2 Å². The normalized spacial score (nSPS) is 11.8. The molecule has 0 aliphatic carbocycles. The molecule has 5 heteroatoms. The Labute approximate surface area is 100 Å². The van der Waals surface area contributed by atoms with Crippen molar-refractivity contribution in [2.45, 2.75) is 39.5 Å². The maximum Gasteiger partial charge on any atom is 0.201 e. The van der Waals surface area contributed by atoms with Crippen molar-refractivity contribution in [3.05, 3.63) is 10.6 Å². The van der Waals surface area contributed by atoms with E-state index in [1.54, 1.807) is 0 Å². The number of hydrogen-bond donors (Lipinski definition) is 0. The van der Waals surface area contributed by atoms with Crippen LogP contribution in [-0.4, -0.2) is 28.6 Å². The maximum absolute atomic E-state index is 11.9. The lowest BCUT2D eigenvalue weighted by Crippen LogP contribution is -2.18. The molecule has 0 N–H and O–H groups in total. The van der Waals surface area contributed by atoms with E-state index in [0.717, 1.165) is 23.6 Å². The third kappa shape index (κ3) is 3.35. The predicted molar refractivity (Wildman–Crippen MR) is 64.0 cm³/mol. The number of ketones is 1. The first kappa shape index (κ1) is 13.3. The molecule has 90 valence electrons. The van der Waals surface area contributed by atoms with Crippen molar-refractivity contribution in [2.24, 2.45) is 0 Å². The van der Waals surface area contributed by atoms with Crippen LogP contribution >= 0.6 is 11.5 Å². The average molecular weight is 242 g/mol. The number of carbonyl (C=O) groups excluding carboxylic acids is 1. The molecule has 0 saturated heterocycles. The van der Waals surface area contributed by atoms with Gasteiger partial charge in [0.05, 0.1) is 5.69 Å². The molecular formula is C11H18N2O2S. The van der Waals surface area contributed by atoms with E-state index in [4.69, 9.17) is 4.74 Å². The maximum atomic E-state index is 11.9. The Balaban J connectivity index is 2.73. The quantitative estimate of drug-likeness (QED) is 0.588. The average Bonchev–Trinajstić information content (AvgIpc) is 2.65. The van der Waals surface area contributed by atoms with E-state index >= 15 is 0 Å². The highest BCUT2D eigenvalue weighted by Crippen LogP contribution is 2.25. The third-order valence-corrected chi connectivity index (χ3v) is 2.80. The van der Waals surface area contributed by atoms with Crippen LogP contribution in [0.2, 0.25) is 0 Å². The van der Waals surface area contributed by atoms with Crippen LogP contribution in [0.15, 0.2) is 0 Å². The Morgan fingerprint density at radius 2 is 2.12 bits per heavy atom. The van der Waals surface area contributed by atoms with E-state index in [2.05, 4.69) is 9.59 Å². The molecule has 1 aromatic rings. The fourth-order valence-corrected chi connectivity index (χ4v) is 2.04. The van der Waals surface area contributed by atoms with E-state index in [0.29, 0.717) is 11.5 Å². The molecule has 1 aromatic heterocycles. The van der Waals surface area contributed by atoms with Crippen LogP contribution in [0.3, 0.4) is 0 Å². The summed E-state index contributed by atoms with van der Waals surface area (Å²) in [5.74, 6) is -0.0200. The van der Waals surface area contributed by atoms with Gasteiger partial charge < -0.3 is 4.74 Å². The van der Waals surface area contributed by atoms with Crippen LogP contribution in [0.1, 0.15) is 49.5 Å². The minimum absolute atomic E-state index is 0.0200. The molecule has 0 bridgehead atoms. The molecule has 4 nitrogen and oxygen atoms in total. The SMILES string of the molecule is CCCOCC(=O)c1snnc1C(C)(C)C. The number of nitrogens with zero attached hydrogens (tertiary/aromatic N) is 2. The van der Waals surface area contributed by atoms with Gasteiger partial charge in [0.1, 0.15) is 11.5 Å². The Hall–Kier alpha value is -0.810. The Morgan fingerprint density at radius 3 is 2.69 bits per heavy atom. The van der Waals surface area contributed by atoms with Crippen molar-refractivity contribution in [3.8, 4) is 0 Å². The lowest BCUT2D eigenvalue weighted by Gasteiger charge is -2.15. The summed E-state index contributed by atoms with van der Waals surface area (Å²) in [7, 11) is 0. The number of Topliss-reactive ketones (excluding diaryl/α,β-unsaturated/α-hetero) is 1. The van der Waals surface area contributed by atoms with Crippen molar-refractivity contribution >= 4 is 17.3 Å². The molecule has 0 amide bonds. The molecule has 0 aliphatic heterocycles. The third-order valence-electron chi connectivity index (χ3n) is 2.03. The van der Waals surface area contributed by atoms with Gasteiger partial charge in [-0.05, 0) is 18.0 Å². The largest absolute Gasteiger partial charge is 0.373 e. The first-order chi connectivity index (χ1) is 7.46. The summed E-state index contributed by atoms with van der Waals surface area (Å²) in [6.45, 7) is 8.82. The molecule has 0 aromatic carbocycles. The fraction of sp³-hybridized carbons (Fsp3) is 0.727. The zero-order valence-electron chi connectivity index (χ0n) is 10.2. The number of hydrogen-bond acceptors (Lipinski definition) is 5. The highest BCUT2D eigenvalue weighted by molar-refractivity contribution is 7.08. The van der Waals surface area contributed by atoms with Crippen LogP contribution in [0.4, 0.5) is 0 Å². The van der Waals surface area contributed by atoms with E-state index in [-0.39, 0.29) is 17.8 Å². The molecule has 0 atom stereocenters. The van der Waals surface area contributed by atoms with Gasteiger partial charge in [0.25, 0.3) is 0 Å². The van der Waals surface area contributed by atoms with Gasteiger partial charge in [0.2, 0.25) is 5.78 Å². The van der Waals surface area contributed by atoms with Gasteiger partial charge in [0.15, 0.2) is 0 Å². The lowest BCUT2D eigenvalue weighted by molar-refractivity contribution is 0.0763. The number of aromatic nitrogens is 2. The molecule has 1 heterocycles. The van der Waals surface area contributed by atoms with Crippen LogP contribution in [0.25, 0.3) is 0 Å². The van der Waals surface area contributed by atoms with E-state index in [9.17, 15) is 4.79 Å². The number of carbonyl (C=O) groups is 1. The van der Waals surface area contributed by atoms with Gasteiger partial charge >= 0.3 is 0 Å². The fourth-order valence-electron chi connectivity index (χ4n) is 1.24. The zero-order valence-corrected chi connectivity index (χ0v) is 11.1. The highest BCUT2D eigenvalue weighted by Gasteiger charge is 2.25. The Bertz CT molecular complexity index is 355. The summed E-state index contributed by atoms with van der Waals surface area (Å²) in [4.78, 5) is 12.5. The number of rotatable bonds is 5. The molecule has 1 rings (SSSR count). The summed E-state index contributed by atoms with van der Waals surface area (Å²) in [5, 5.41) is 4.03. The summed E-state index contributed by atoms with van der Waals surface area (Å²) < 4.78 is 9.09. The van der Waals surface area contributed by atoms with Crippen LogP contribution in [0.5, 0.6) is 0 Å². The second-order valence-corrected chi connectivity index (χ2v) is 5.43. The minimum atomic E-state index is -0.150. The minimum Gasteiger partial charge on any atom is -0.373 e. The first-order valence-electron chi connectivity index (χ1n) is 5.40. The second-order valence-electron chi connectivity index (χ2n) is 4.68. The molecule has 16 heavy (non-hydrogen) atoms.